The zero-order valence-electron chi connectivity index (χ0n) is 43.4. The number of carboxylic acids is 1. The molecule has 4 aromatic carbocycles. The second-order valence-electron chi connectivity index (χ2n) is 19.4. The molecule has 0 spiro atoms. The molecule has 7 heterocycles. The standard InChI is InChI=1S/C55H63Cl2FN8O10S/c1-34-44-45-41-29-36(58)5-7-40(41)51-46(44)47-52(60-33-61-53(47)77-51)76-43(54(67)68)28-35-27-38(73-32-39(75-50(48(34)56)49(45)57)30-65-14-12-63(2)13-15-65)6-8-42(35)74-31-37-9-10-59-55(62-37)66-18-16-64(17-19-66)11-4-20-70-23-24-72-26-25-71-22-21-69-3/h5-10,27,29,33,39,43H,4,11-26,28,30-32H2,1-3H3,(H,67,68)/t39?,43-/m1/s1. The molecule has 6 bridgehead atoms. The number of carbonyl (C=O) groups is 1. The number of carboxylic acid groups (broad SMARTS) is 1. The molecule has 4 aliphatic heterocycles. The second kappa shape index (κ2) is 25.5. The molecule has 0 aliphatic carbocycles. The number of methoxy groups -OCH3 is 1. The van der Waals surface area contributed by atoms with Crippen LogP contribution in [0.15, 0.2) is 55.0 Å². The van der Waals surface area contributed by atoms with Crippen molar-refractivity contribution in [1.29, 1.82) is 0 Å². The first kappa shape index (κ1) is 54.8. The lowest BCUT2D eigenvalue weighted by atomic mass is 9.94. The van der Waals surface area contributed by atoms with Gasteiger partial charge in [0.2, 0.25) is 17.9 Å². The van der Waals surface area contributed by atoms with E-state index in [1.165, 1.54) is 29.8 Å². The summed E-state index contributed by atoms with van der Waals surface area (Å²) in [5.74, 6) is 0.111. The number of halogens is 3. The van der Waals surface area contributed by atoms with E-state index in [2.05, 4.69) is 41.6 Å². The molecule has 0 amide bonds. The molecule has 1 N–H and O–H groups in total. The molecule has 0 saturated carbocycles. The van der Waals surface area contributed by atoms with Gasteiger partial charge in [-0.15, -0.1) is 11.3 Å². The van der Waals surface area contributed by atoms with Crippen molar-refractivity contribution in [2.45, 2.75) is 38.6 Å². The maximum Gasteiger partial charge on any atom is 0.345 e. The highest BCUT2D eigenvalue weighted by atomic mass is 35.5. The highest BCUT2D eigenvalue weighted by Gasteiger charge is 2.31. The Labute approximate surface area is 459 Å². The number of fused-ring (bicyclic) bond motifs is 8. The lowest BCUT2D eigenvalue weighted by Gasteiger charge is -2.35. The normalized spacial score (nSPS) is 18.0. The minimum absolute atomic E-state index is 0.0480. The van der Waals surface area contributed by atoms with E-state index in [0.29, 0.717) is 124 Å². The van der Waals surface area contributed by atoms with Gasteiger partial charge in [0.15, 0.2) is 5.75 Å². The predicted molar refractivity (Wildman–Crippen MR) is 295 cm³/mol. The summed E-state index contributed by atoms with van der Waals surface area (Å²) in [6, 6.07) is 11.7. The van der Waals surface area contributed by atoms with Crippen LogP contribution in [0.5, 0.6) is 23.1 Å². The fourth-order valence-corrected chi connectivity index (χ4v) is 11.9. The molecule has 410 valence electrons. The summed E-state index contributed by atoms with van der Waals surface area (Å²) in [5, 5.41) is 15.0. The monoisotopic (exact) mass is 1120 g/mol. The van der Waals surface area contributed by atoms with E-state index >= 15 is 4.39 Å². The number of rotatable bonds is 20. The molecular formula is C55H63Cl2FN8O10S. The summed E-state index contributed by atoms with van der Waals surface area (Å²) in [7, 11) is 3.75. The second-order valence-corrected chi connectivity index (χ2v) is 21.2. The Morgan fingerprint density at radius 1 is 0.818 bits per heavy atom. The van der Waals surface area contributed by atoms with Crippen LogP contribution in [0.25, 0.3) is 41.8 Å². The van der Waals surface area contributed by atoms with Crippen LogP contribution in [0.3, 0.4) is 0 Å². The minimum Gasteiger partial charge on any atom is -0.490 e. The van der Waals surface area contributed by atoms with Crippen molar-refractivity contribution in [3.8, 4) is 23.1 Å². The molecule has 1 unspecified atom stereocenters. The van der Waals surface area contributed by atoms with E-state index in [9.17, 15) is 9.90 Å². The molecule has 11 rings (SSSR count). The Morgan fingerprint density at radius 3 is 2.34 bits per heavy atom. The molecule has 3 aromatic heterocycles. The molecule has 18 nitrogen and oxygen atoms in total. The number of aromatic nitrogens is 4. The molecule has 2 saturated heterocycles. The number of aliphatic carboxylic acids is 1. The largest absolute Gasteiger partial charge is 0.490 e. The third-order valence-corrected chi connectivity index (χ3v) is 16.1. The summed E-state index contributed by atoms with van der Waals surface area (Å²) in [5.41, 5.74) is 1.79. The van der Waals surface area contributed by atoms with Crippen LogP contribution in [0.1, 0.15) is 23.2 Å². The van der Waals surface area contributed by atoms with E-state index < -0.39 is 24.0 Å². The number of hydrogen-bond acceptors (Lipinski definition) is 18. The number of aryl methyl sites for hydroxylation is 1. The number of nitrogens with zero attached hydrogens (tertiary/aromatic N) is 8. The van der Waals surface area contributed by atoms with Gasteiger partial charge in [0, 0.05) is 118 Å². The lowest BCUT2D eigenvalue weighted by molar-refractivity contribution is -0.145. The first-order valence-corrected chi connectivity index (χ1v) is 27.6. The Balaban J connectivity index is 0.892. The number of likely N-dealkylation sites (N-methyl/N-ethyl adjacent to an activating group) is 1. The topological polar surface area (TPSA) is 176 Å². The van der Waals surface area contributed by atoms with Crippen LogP contribution in [-0.2, 0) is 36.8 Å². The van der Waals surface area contributed by atoms with Gasteiger partial charge in [-0.3, -0.25) is 9.80 Å². The van der Waals surface area contributed by atoms with Crippen LogP contribution < -0.4 is 23.8 Å². The number of piperazine rings is 2. The average molecular weight is 1120 g/mol. The van der Waals surface area contributed by atoms with Crippen LogP contribution in [0, 0.1) is 12.7 Å². The minimum atomic E-state index is -1.45. The van der Waals surface area contributed by atoms with Crippen molar-refractivity contribution >= 4 is 88.3 Å². The van der Waals surface area contributed by atoms with Crippen LogP contribution in [-0.4, -0.2) is 190 Å². The molecule has 77 heavy (non-hydrogen) atoms. The van der Waals surface area contributed by atoms with Crippen molar-refractivity contribution in [3.05, 3.63) is 87.7 Å². The number of anilines is 1. The number of benzene rings is 4. The van der Waals surface area contributed by atoms with Gasteiger partial charge in [-0.25, -0.2) is 29.1 Å². The average Bonchev–Trinajstić information content (AvgIpc) is 4.12. The van der Waals surface area contributed by atoms with Crippen LogP contribution >= 0.6 is 34.5 Å². The molecule has 2 atom stereocenters. The molecular weight excluding hydrogens is 1050 g/mol. The summed E-state index contributed by atoms with van der Waals surface area (Å²) in [4.78, 5) is 41.8. The Morgan fingerprint density at radius 2 is 1.57 bits per heavy atom. The van der Waals surface area contributed by atoms with Crippen molar-refractivity contribution in [2.24, 2.45) is 0 Å². The highest BCUT2D eigenvalue weighted by molar-refractivity contribution is 7.26. The summed E-state index contributed by atoms with van der Waals surface area (Å²) < 4.78 is 64.3. The number of hydrogen-bond donors (Lipinski definition) is 1. The third-order valence-electron chi connectivity index (χ3n) is 14.2. The first-order valence-electron chi connectivity index (χ1n) is 26.0. The van der Waals surface area contributed by atoms with Crippen molar-refractivity contribution in [1.82, 2.24) is 34.6 Å². The third kappa shape index (κ3) is 12.8. The first-order chi connectivity index (χ1) is 37.5. The van der Waals surface area contributed by atoms with Gasteiger partial charge in [0.1, 0.15) is 47.8 Å². The summed E-state index contributed by atoms with van der Waals surface area (Å²) in [6.45, 7) is 14.0. The van der Waals surface area contributed by atoms with Gasteiger partial charge >= 0.3 is 5.97 Å². The van der Waals surface area contributed by atoms with E-state index in [1.807, 2.05) is 13.0 Å². The van der Waals surface area contributed by atoms with Crippen molar-refractivity contribution in [3.63, 3.8) is 0 Å². The van der Waals surface area contributed by atoms with Gasteiger partial charge in [-0.05, 0) is 73.1 Å². The maximum atomic E-state index is 15.3. The Hall–Kier alpha value is -5.52. The van der Waals surface area contributed by atoms with Crippen molar-refractivity contribution in [2.75, 3.05) is 137 Å². The summed E-state index contributed by atoms with van der Waals surface area (Å²) in [6.07, 6.45) is 1.82. The van der Waals surface area contributed by atoms with Crippen LogP contribution in [0.4, 0.5) is 10.3 Å². The molecule has 4 aliphatic rings. The molecule has 0 radical (unpaired) electrons. The van der Waals surface area contributed by atoms with Crippen molar-refractivity contribution < 1.29 is 52.2 Å². The van der Waals surface area contributed by atoms with Gasteiger partial charge in [-0.1, -0.05) is 29.3 Å². The predicted octanol–water partition coefficient (Wildman–Crippen LogP) is 7.94. The lowest BCUT2D eigenvalue weighted by Crippen LogP contribution is -2.49. The molecule has 7 aromatic rings. The van der Waals surface area contributed by atoms with Gasteiger partial charge in [0.25, 0.3) is 0 Å². The van der Waals surface area contributed by atoms with Crippen LogP contribution in [0.2, 0.25) is 10.0 Å². The van der Waals surface area contributed by atoms with E-state index in [4.69, 9.17) is 66.1 Å². The fraction of sp³-hybridized carbons (Fsp3) is 0.473. The zero-order valence-corrected chi connectivity index (χ0v) is 45.8. The quantitative estimate of drug-likeness (QED) is 0.0574. The Kier molecular flexibility index (Phi) is 18.2. The van der Waals surface area contributed by atoms with E-state index in [1.54, 1.807) is 37.6 Å². The highest BCUT2D eigenvalue weighted by Crippen LogP contribution is 2.53. The van der Waals surface area contributed by atoms with Gasteiger partial charge in [0.05, 0.1) is 60.8 Å². The molecule has 2 fully saturated rings. The fourth-order valence-electron chi connectivity index (χ4n) is 10.1. The maximum absolute atomic E-state index is 15.3. The number of thiophene rings is 1. The summed E-state index contributed by atoms with van der Waals surface area (Å²) >= 11 is 16.2. The number of ether oxygens (including phenoxy) is 8. The smallest absolute Gasteiger partial charge is 0.345 e. The van der Waals surface area contributed by atoms with Gasteiger partial charge < -0.3 is 52.8 Å². The SMILES string of the molecule is COCCOCCOCCOCCCN1CCN(c2nccc(COc3ccc4cc3C[C@H](C(=O)O)Oc3ncnc5sc6c7ccc(F)cc7c7c(Cl)c(c(Cl)c(C)c7c6c35)OC(CN3CCN(C)CC3)CO4)n2)CC1. The van der Waals surface area contributed by atoms with E-state index in [-0.39, 0.29) is 41.3 Å². The van der Waals surface area contributed by atoms with Gasteiger partial charge in [-0.2, -0.15) is 0 Å². The zero-order chi connectivity index (χ0) is 53.4. The molecule has 22 heteroatoms. The van der Waals surface area contributed by atoms with E-state index in [0.717, 1.165) is 70.0 Å². The Bertz CT molecular complexity index is 3200.